The van der Waals surface area contributed by atoms with E-state index >= 15 is 0 Å². The minimum atomic E-state index is -1.73. The van der Waals surface area contributed by atoms with Crippen LogP contribution in [0.3, 0.4) is 0 Å². The topological polar surface area (TPSA) is 61.8 Å². The van der Waals surface area contributed by atoms with Crippen LogP contribution < -0.4 is 0 Å². The Balaban J connectivity index is 1.83. The van der Waals surface area contributed by atoms with Crippen molar-refractivity contribution in [2.24, 2.45) is 0 Å². The molecule has 0 aliphatic carbocycles. The van der Waals surface area contributed by atoms with Gasteiger partial charge in [-0.05, 0) is 18.1 Å². The summed E-state index contributed by atoms with van der Waals surface area (Å²) in [4.78, 5) is 24.8. The van der Waals surface area contributed by atoms with Crippen LogP contribution in [0.15, 0.2) is 60.7 Å². The molecule has 0 amide bonds. The van der Waals surface area contributed by atoms with Gasteiger partial charge in [0.2, 0.25) is 0 Å². The lowest BCUT2D eigenvalue weighted by atomic mass is 10.0. The summed E-state index contributed by atoms with van der Waals surface area (Å²) < 4.78 is 16.4. The highest BCUT2D eigenvalue weighted by molar-refractivity contribution is 5.87. The maximum absolute atomic E-state index is 12.5. The van der Waals surface area contributed by atoms with Gasteiger partial charge in [-0.25, -0.2) is 9.59 Å². The third-order valence-electron chi connectivity index (χ3n) is 3.99. The highest BCUT2D eigenvalue weighted by Crippen LogP contribution is 2.32. The average molecular weight is 340 g/mol. The zero-order valence-corrected chi connectivity index (χ0v) is 14.0. The lowest BCUT2D eigenvalue weighted by Crippen LogP contribution is -2.44. The summed E-state index contributed by atoms with van der Waals surface area (Å²) in [6.45, 7) is 1.88. The highest BCUT2D eigenvalue weighted by atomic mass is 16.8. The molecule has 2 aromatic rings. The average Bonchev–Trinajstić information content (AvgIpc) is 2.93. The first-order valence-corrected chi connectivity index (χ1v) is 8.29. The van der Waals surface area contributed by atoms with E-state index in [1.165, 1.54) is 0 Å². The Morgan fingerprint density at radius 3 is 2.24 bits per heavy atom. The molecule has 1 aliphatic heterocycles. The molecule has 5 heteroatoms. The summed E-state index contributed by atoms with van der Waals surface area (Å²) in [5, 5.41) is 0. The maximum Gasteiger partial charge on any atom is 0.380 e. The van der Waals surface area contributed by atoms with Crippen molar-refractivity contribution in [2.75, 3.05) is 6.61 Å². The molecule has 0 saturated carbocycles. The number of cyclic esters (lactones) is 1. The minimum Gasteiger partial charge on any atom is -0.461 e. The Morgan fingerprint density at radius 1 is 1.04 bits per heavy atom. The summed E-state index contributed by atoms with van der Waals surface area (Å²) in [6.07, 6.45) is -0.380. The number of benzene rings is 2. The van der Waals surface area contributed by atoms with E-state index in [1.54, 1.807) is 6.92 Å². The zero-order chi connectivity index (χ0) is 17.7. The molecule has 1 fully saturated rings. The Hall–Kier alpha value is -2.66. The summed E-state index contributed by atoms with van der Waals surface area (Å²) >= 11 is 0. The molecular weight excluding hydrogens is 320 g/mol. The molecule has 1 heterocycles. The van der Waals surface area contributed by atoms with Crippen molar-refractivity contribution >= 4 is 11.9 Å². The standard InChI is InChI=1S/C20H20O5/c1-2-23-19(22)20(14-16-11-7-4-8-12-16)24-17(18(21)25-20)13-15-9-5-3-6-10-15/h3-12,17H,2,13-14H2,1H3. The van der Waals surface area contributed by atoms with Gasteiger partial charge < -0.3 is 14.2 Å². The second-order valence-electron chi connectivity index (χ2n) is 5.85. The fourth-order valence-electron chi connectivity index (χ4n) is 2.83. The molecule has 2 unspecified atom stereocenters. The van der Waals surface area contributed by atoms with E-state index < -0.39 is 23.8 Å². The van der Waals surface area contributed by atoms with Gasteiger partial charge in [0.1, 0.15) is 0 Å². The van der Waals surface area contributed by atoms with Gasteiger partial charge in [0.05, 0.1) is 13.0 Å². The van der Waals surface area contributed by atoms with Crippen LogP contribution in [0.4, 0.5) is 0 Å². The van der Waals surface area contributed by atoms with E-state index in [1.807, 2.05) is 60.7 Å². The molecule has 2 aromatic carbocycles. The van der Waals surface area contributed by atoms with Crippen molar-refractivity contribution in [2.45, 2.75) is 31.7 Å². The van der Waals surface area contributed by atoms with Gasteiger partial charge in [-0.15, -0.1) is 0 Å². The van der Waals surface area contributed by atoms with Gasteiger partial charge in [0, 0.05) is 6.42 Å². The SMILES string of the molecule is CCOC(=O)C1(Cc2ccccc2)OC(=O)C(Cc2ccccc2)O1. The Labute approximate surface area is 146 Å². The maximum atomic E-state index is 12.5. The van der Waals surface area contributed by atoms with Gasteiger partial charge in [-0.1, -0.05) is 60.7 Å². The second kappa shape index (κ2) is 7.49. The van der Waals surface area contributed by atoms with Crippen molar-refractivity contribution in [3.63, 3.8) is 0 Å². The number of rotatable bonds is 6. The van der Waals surface area contributed by atoms with Gasteiger partial charge in [0.25, 0.3) is 0 Å². The Morgan fingerprint density at radius 2 is 1.64 bits per heavy atom. The first kappa shape index (κ1) is 17.2. The largest absolute Gasteiger partial charge is 0.461 e. The van der Waals surface area contributed by atoms with Crippen molar-refractivity contribution < 1.29 is 23.8 Å². The fraction of sp³-hybridized carbons (Fsp3) is 0.300. The van der Waals surface area contributed by atoms with E-state index in [4.69, 9.17) is 14.2 Å². The van der Waals surface area contributed by atoms with Gasteiger partial charge in [-0.3, -0.25) is 0 Å². The van der Waals surface area contributed by atoms with E-state index in [9.17, 15) is 9.59 Å². The molecule has 130 valence electrons. The third kappa shape index (κ3) is 3.88. The first-order chi connectivity index (χ1) is 12.1. The molecule has 0 aromatic heterocycles. The van der Waals surface area contributed by atoms with Crippen molar-refractivity contribution in [3.8, 4) is 0 Å². The lowest BCUT2D eigenvalue weighted by molar-refractivity contribution is -0.211. The van der Waals surface area contributed by atoms with Crippen molar-refractivity contribution in [1.29, 1.82) is 0 Å². The van der Waals surface area contributed by atoms with Crippen LogP contribution in [-0.4, -0.2) is 30.4 Å². The molecule has 2 atom stereocenters. The van der Waals surface area contributed by atoms with Gasteiger partial charge in [0.15, 0.2) is 6.10 Å². The van der Waals surface area contributed by atoms with Gasteiger partial charge >= 0.3 is 17.7 Å². The molecule has 0 spiro atoms. The van der Waals surface area contributed by atoms with Gasteiger partial charge in [-0.2, -0.15) is 0 Å². The number of hydrogen-bond donors (Lipinski definition) is 0. The van der Waals surface area contributed by atoms with E-state index in [-0.39, 0.29) is 13.0 Å². The van der Waals surface area contributed by atoms with Crippen LogP contribution in [0.1, 0.15) is 18.1 Å². The van der Waals surface area contributed by atoms with E-state index in [0.717, 1.165) is 11.1 Å². The number of hydrogen-bond acceptors (Lipinski definition) is 5. The van der Waals surface area contributed by atoms with Crippen molar-refractivity contribution in [3.05, 3.63) is 71.8 Å². The zero-order valence-electron chi connectivity index (χ0n) is 14.0. The monoisotopic (exact) mass is 340 g/mol. The highest BCUT2D eigenvalue weighted by Gasteiger charge is 2.55. The predicted octanol–water partition coefficient (Wildman–Crippen LogP) is 2.67. The summed E-state index contributed by atoms with van der Waals surface area (Å²) in [5.74, 6) is -2.95. The summed E-state index contributed by atoms with van der Waals surface area (Å²) in [6, 6.07) is 18.8. The number of ether oxygens (including phenoxy) is 3. The predicted molar refractivity (Wildman–Crippen MR) is 90.6 cm³/mol. The molecule has 3 rings (SSSR count). The summed E-state index contributed by atoms with van der Waals surface area (Å²) in [5.41, 5.74) is 1.76. The first-order valence-electron chi connectivity index (χ1n) is 8.29. The van der Waals surface area contributed by atoms with Crippen LogP contribution in [0.5, 0.6) is 0 Å². The van der Waals surface area contributed by atoms with Crippen molar-refractivity contribution in [1.82, 2.24) is 0 Å². The van der Waals surface area contributed by atoms with Crippen LogP contribution in [0.25, 0.3) is 0 Å². The van der Waals surface area contributed by atoms with Crippen LogP contribution in [0, 0.1) is 0 Å². The Bertz CT molecular complexity index is 728. The molecule has 1 aliphatic rings. The molecule has 25 heavy (non-hydrogen) atoms. The molecule has 1 saturated heterocycles. The molecule has 0 bridgehead atoms. The second-order valence-corrected chi connectivity index (χ2v) is 5.85. The molecular formula is C20H20O5. The number of carbonyl (C=O) groups is 2. The molecule has 0 N–H and O–H groups in total. The molecule has 5 nitrogen and oxygen atoms in total. The normalized spacial score (nSPS) is 22.4. The van der Waals surface area contributed by atoms with Crippen LogP contribution in [0.2, 0.25) is 0 Å². The third-order valence-corrected chi connectivity index (χ3v) is 3.99. The number of esters is 2. The Kier molecular flexibility index (Phi) is 5.14. The fourth-order valence-corrected chi connectivity index (χ4v) is 2.83. The van der Waals surface area contributed by atoms with Crippen LogP contribution in [-0.2, 0) is 36.6 Å². The van der Waals surface area contributed by atoms with E-state index in [0.29, 0.717) is 6.42 Å². The lowest BCUT2D eigenvalue weighted by Gasteiger charge is -2.24. The quantitative estimate of drug-likeness (QED) is 0.757. The van der Waals surface area contributed by atoms with Crippen LogP contribution >= 0.6 is 0 Å². The smallest absolute Gasteiger partial charge is 0.380 e. The number of carbonyl (C=O) groups excluding carboxylic acids is 2. The molecule has 0 radical (unpaired) electrons. The van der Waals surface area contributed by atoms with E-state index in [2.05, 4.69) is 0 Å². The summed E-state index contributed by atoms with van der Waals surface area (Å²) in [7, 11) is 0. The minimum absolute atomic E-state index is 0.115.